The SMILES string of the molecule is CN1C=CN(Cc2nccc(-c3cccc(F)c3)n2)C1. The largest absolute Gasteiger partial charge is 0.362 e. The van der Waals surface area contributed by atoms with Gasteiger partial charge in [0.1, 0.15) is 11.6 Å². The zero-order valence-electron chi connectivity index (χ0n) is 11.2. The fourth-order valence-corrected chi connectivity index (χ4v) is 2.16. The summed E-state index contributed by atoms with van der Waals surface area (Å²) in [6, 6.07) is 8.24. The Hall–Kier alpha value is -2.43. The van der Waals surface area contributed by atoms with Crippen LogP contribution in [0.2, 0.25) is 0 Å². The van der Waals surface area contributed by atoms with E-state index in [1.54, 1.807) is 18.3 Å². The van der Waals surface area contributed by atoms with Gasteiger partial charge in [0.15, 0.2) is 0 Å². The van der Waals surface area contributed by atoms with Crippen molar-refractivity contribution >= 4 is 0 Å². The molecule has 4 nitrogen and oxygen atoms in total. The molecule has 102 valence electrons. The van der Waals surface area contributed by atoms with Gasteiger partial charge in [-0.25, -0.2) is 14.4 Å². The van der Waals surface area contributed by atoms with Crippen molar-refractivity contribution in [3.05, 3.63) is 60.6 Å². The first kappa shape index (κ1) is 12.6. The number of nitrogens with zero attached hydrogens (tertiary/aromatic N) is 4. The lowest BCUT2D eigenvalue weighted by Gasteiger charge is -2.17. The van der Waals surface area contributed by atoms with Gasteiger partial charge in [-0.2, -0.15) is 0 Å². The summed E-state index contributed by atoms with van der Waals surface area (Å²) in [6.07, 6.45) is 5.74. The number of hydrogen-bond donors (Lipinski definition) is 0. The van der Waals surface area contributed by atoms with Gasteiger partial charge in [0, 0.05) is 31.2 Å². The average Bonchev–Trinajstić information content (AvgIpc) is 2.84. The molecule has 0 radical (unpaired) electrons. The molecular weight excluding hydrogens is 255 g/mol. The van der Waals surface area contributed by atoms with Crippen molar-refractivity contribution in [3.63, 3.8) is 0 Å². The maximum atomic E-state index is 13.3. The van der Waals surface area contributed by atoms with E-state index in [4.69, 9.17) is 0 Å². The maximum Gasteiger partial charge on any atom is 0.148 e. The number of hydrogen-bond acceptors (Lipinski definition) is 4. The molecule has 0 unspecified atom stereocenters. The highest BCUT2D eigenvalue weighted by atomic mass is 19.1. The van der Waals surface area contributed by atoms with Gasteiger partial charge in [-0.05, 0) is 18.2 Å². The Bertz CT molecular complexity index is 641. The fraction of sp³-hybridized carbons (Fsp3) is 0.200. The highest BCUT2D eigenvalue weighted by molar-refractivity contribution is 5.58. The van der Waals surface area contributed by atoms with Crippen LogP contribution in [-0.2, 0) is 6.54 Å². The summed E-state index contributed by atoms with van der Waals surface area (Å²) in [4.78, 5) is 13.0. The highest BCUT2D eigenvalue weighted by Crippen LogP contribution is 2.18. The third-order valence-electron chi connectivity index (χ3n) is 3.11. The van der Waals surface area contributed by atoms with Crippen molar-refractivity contribution in [2.45, 2.75) is 6.54 Å². The van der Waals surface area contributed by atoms with Crippen LogP contribution in [-0.4, -0.2) is 33.5 Å². The first-order valence-electron chi connectivity index (χ1n) is 6.41. The Morgan fingerprint density at radius 2 is 2.15 bits per heavy atom. The molecule has 2 heterocycles. The van der Waals surface area contributed by atoms with Gasteiger partial charge in [-0.15, -0.1) is 0 Å². The van der Waals surface area contributed by atoms with Crippen LogP contribution in [0, 0.1) is 5.82 Å². The molecule has 0 fully saturated rings. The van der Waals surface area contributed by atoms with Crippen LogP contribution in [0.3, 0.4) is 0 Å². The molecule has 5 heteroatoms. The highest BCUT2D eigenvalue weighted by Gasteiger charge is 2.11. The van der Waals surface area contributed by atoms with Crippen molar-refractivity contribution < 1.29 is 4.39 Å². The van der Waals surface area contributed by atoms with E-state index in [0.717, 1.165) is 23.8 Å². The number of halogens is 1. The second-order valence-electron chi connectivity index (χ2n) is 4.81. The molecule has 0 amide bonds. The Kier molecular flexibility index (Phi) is 3.33. The van der Waals surface area contributed by atoms with Crippen LogP contribution < -0.4 is 0 Å². The fourth-order valence-electron chi connectivity index (χ4n) is 2.16. The van der Waals surface area contributed by atoms with Crippen molar-refractivity contribution in [1.29, 1.82) is 0 Å². The van der Waals surface area contributed by atoms with Gasteiger partial charge in [0.25, 0.3) is 0 Å². The topological polar surface area (TPSA) is 32.3 Å². The quantitative estimate of drug-likeness (QED) is 0.857. The molecular formula is C15H15FN4. The molecule has 0 atom stereocenters. The smallest absolute Gasteiger partial charge is 0.148 e. The first-order chi connectivity index (χ1) is 9.70. The van der Waals surface area contributed by atoms with Gasteiger partial charge < -0.3 is 9.80 Å². The predicted octanol–water partition coefficient (Wildman–Crippen LogP) is 2.46. The maximum absolute atomic E-state index is 13.3. The molecule has 20 heavy (non-hydrogen) atoms. The van der Waals surface area contributed by atoms with E-state index in [1.165, 1.54) is 12.1 Å². The second-order valence-corrected chi connectivity index (χ2v) is 4.81. The number of rotatable bonds is 3. The van der Waals surface area contributed by atoms with Gasteiger partial charge in [0.05, 0.1) is 18.9 Å². The minimum Gasteiger partial charge on any atom is -0.362 e. The molecule has 1 aliphatic heterocycles. The Morgan fingerprint density at radius 3 is 2.90 bits per heavy atom. The van der Waals surface area contributed by atoms with Crippen molar-refractivity contribution in [2.75, 3.05) is 13.7 Å². The Labute approximate surface area is 117 Å². The average molecular weight is 270 g/mol. The summed E-state index contributed by atoms with van der Waals surface area (Å²) in [5.74, 6) is 0.471. The lowest BCUT2D eigenvalue weighted by Crippen LogP contribution is -2.22. The first-order valence-corrected chi connectivity index (χ1v) is 6.41. The van der Waals surface area contributed by atoms with E-state index in [2.05, 4.69) is 19.8 Å². The number of benzene rings is 1. The van der Waals surface area contributed by atoms with Gasteiger partial charge >= 0.3 is 0 Å². The van der Waals surface area contributed by atoms with E-state index in [-0.39, 0.29) is 5.82 Å². The van der Waals surface area contributed by atoms with Crippen molar-refractivity contribution in [1.82, 2.24) is 19.8 Å². The lowest BCUT2D eigenvalue weighted by molar-refractivity contribution is 0.285. The Balaban J connectivity index is 1.81. The van der Waals surface area contributed by atoms with Crippen molar-refractivity contribution in [3.8, 4) is 11.3 Å². The predicted molar refractivity (Wildman–Crippen MR) is 74.7 cm³/mol. The minimum atomic E-state index is -0.258. The molecule has 3 rings (SSSR count). The normalized spacial score (nSPS) is 14.1. The van der Waals surface area contributed by atoms with E-state index >= 15 is 0 Å². The summed E-state index contributed by atoms with van der Waals surface area (Å²) in [7, 11) is 2.01. The summed E-state index contributed by atoms with van der Waals surface area (Å²) in [5, 5.41) is 0. The van der Waals surface area contributed by atoms with Crippen LogP contribution in [0.4, 0.5) is 4.39 Å². The summed E-state index contributed by atoms with van der Waals surface area (Å²) >= 11 is 0. The summed E-state index contributed by atoms with van der Waals surface area (Å²) in [6.45, 7) is 1.47. The lowest BCUT2D eigenvalue weighted by atomic mass is 10.1. The van der Waals surface area contributed by atoms with E-state index in [9.17, 15) is 4.39 Å². The van der Waals surface area contributed by atoms with E-state index in [0.29, 0.717) is 6.54 Å². The Morgan fingerprint density at radius 1 is 1.25 bits per heavy atom. The van der Waals surface area contributed by atoms with Gasteiger partial charge in [0.2, 0.25) is 0 Å². The second kappa shape index (κ2) is 5.28. The molecule has 0 aliphatic carbocycles. The zero-order chi connectivity index (χ0) is 13.9. The van der Waals surface area contributed by atoms with Crippen LogP contribution in [0.5, 0.6) is 0 Å². The third-order valence-corrected chi connectivity index (χ3v) is 3.11. The zero-order valence-corrected chi connectivity index (χ0v) is 11.2. The molecule has 1 aromatic heterocycles. The van der Waals surface area contributed by atoms with E-state index in [1.807, 2.05) is 25.5 Å². The molecule has 0 saturated heterocycles. The van der Waals surface area contributed by atoms with Crippen LogP contribution in [0.15, 0.2) is 48.9 Å². The molecule has 0 N–H and O–H groups in total. The summed E-state index contributed by atoms with van der Waals surface area (Å²) < 4.78 is 13.3. The molecule has 0 bridgehead atoms. The molecule has 1 aromatic carbocycles. The molecule has 2 aromatic rings. The molecule has 1 aliphatic rings. The summed E-state index contributed by atoms with van der Waals surface area (Å²) in [5.41, 5.74) is 1.51. The molecule has 0 spiro atoms. The van der Waals surface area contributed by atoms with Crippen LogP contribution in [0.25, 0.3) is 11.3 Å². The van der Waals surface area contributed by atoms with Crippen LogP contribution >= 0.6 is 0 Å². The van der Waals surface area contributed by atoms with Gasteiger partial charge in [-0.1, -0.05) is 12.1 Å². The van der Waals surface area contributed by atoms with Gasteiger partial charge in [-0.3, -0.25) is 0 Å². The van der Waals surface area contributed by atoms with Crippen LogP contribution in [0.1, 0.15) is 5.82 Å². The monoisotopic (exact) mass is 270 g/mol. The standard InChI is InChI=1S/C15H15FN4/c1-19-7-8-20(11-19)10-15-17-6-5-14(18-15)12-3-2-4-13(16)9-12/h2-9H,10-11H2,1H3. The minimum absolute atomic E-state index is 0.258. The third kappa shape index (κ3) is 2.77. The van der Waals surface area contributed by atoms with Crippen molar-refractivity contribution in [2.24, 2.45) is 0 Å². The van der Waals surface area contributed by atoms with E-state index < -0.39 is 0 Å². The molecule has 0 saturated carbocycles. The number of aromatic nitrogens is 2.